The summed E-state index contributed by atoms with van der Waals surface area (Å²) in [4.78, 5) is 0. The molecule has 2 unspecified atom stereocenters. The molecule has 0 heterocycles. The van der Waals surface area contributed by atoms with Gasteiger partial charge in [0.05, 0.1) is 0 Å². The minimum absolute atomic E-state index is 0.338. The van der Waals surface area contributed by atoms with Crippen LogP contribution in [0.25, 0.3) is 0 Å². The Kier molecular flexibility index (Phi) is 4.16. The number of benzene rings is 1. The summed E-state index contributed by atoms with van der Waals surface area (Å²) >= 11 is 0. The lowest BCUT2D eigenvalue weighted by molar-refractivity contribution is 0.105. The van der Waals surface area contributed by atoms with E-state index in [4.69, 9.17) is 4.74 Å². The summed E-state index contributed by atoms with van der Waals surface area (Å²) in [6.45, 7) is 9.47. The summed E-state index contributed by atoms with van der Waals surface area (Å²) in [5.41, 5.74) is 2.68. The summed E-state index contributed by atoms with van der Waals surface area (Å²) in [7, 11) is 0. The molecule has 1 aromatic carbocycles. The van der Waals surface area contributed by atoms with Crippen molar-refractivity contribution >= 4 is 0 Å². The number of aryl methyl sites for hydroxylation is 2. The van der Waals surface area contributed by atoms with Gasteiger partial charge < -0.3 is 15.2 Å². The third-order valence-electron chi connectivity index (χ3n) is 3.89. The fourth-order valence-corrected chi connectivity index (χ4v) is 2.20. The average Bonchev–Trinajstić information content (AvgIpc) is 2.96. The Balaban J connectivity index is 1.74. The van der Waals surface area contributed by atoms with Crippen molar-refractivity contribution in [2.45, 2.75) is 46.3 Å². The Morgan fingerprint density at radius 1 is 1.42 bits per heavy atom. The topological polar surface area (TPSA) is 41.5 Å². The lowest BCUT2D eigenvalue weighted by Crippen LogP contribution is -2.34. The van der Waals surface area contributed by atoms with E-state index >= 15 is 0 Å². The van der Waals surface area contributed by atoms with E-state index < -0.39 is 6.10 Å². The van der Waals surface area contributed by atoms with Gasteiger partial charge in [-0.3, -0.25) is 0 Å². The highest BCUT2D eigenvalue weighted by molar-refractivity contribution is 5.35. The zero-order chi connectivity index (χ0) is 14.0. The molecule has 3 heteroatoms. The minimum Gasteiger partial charge on any atom is -0.491 e. The molecule has 0 saturated heterocycles. The summed E-state index contributed by atoms with van der Waals surface area (Å²) in [6.07, 6.45) is 0.730. The maximum Gasteiger partial charge on any atom is 0.122 e. The molecule has 1 aromatic rings. The molecule has 1 fully saturated rings. The molecule has 0 radical (unpaired) electrons. The lowest BCUT2D eigenvalue weighted by atomic mass is 10.1. The number of nitrogens with one attached hydrogen (secondary N) is 1. The number of aliphatic hydroxyl groups is 1. The van der Waals surface area contributed by atoms with E-state index in [1.165, 1.54) is 12.0 Å². The van der Waals surface area contributed by atoms with Crippen molar-refractivity contribution in [2.75, 3.05) is 13.2 Å². The zero-order valence-corrected chi connectivity index (χ0v) is 12.4. The van der Waals surface area contributed by atoms with Crippen LogP contribution in [-0.4, -0.2) is 30.4 Å². The van der Waals surface area contributed by atoms with Crippen LogP contribution in [0.15, 0.2) is 18.2 Å². The molecule has 2 atom stereocenters. The standard InChI is InChI=1S/C16H25NO2/c1-11-5-6-12(2)14(7-11)19-10-13(18)9-17-15-8-16(15,3)4/h5-7,13,15,17-18H,8-10H2,1-4H3. The summed E-state index contributed by atoms with van der Waals surface area (Å²) in [5, 5.41) is 13.3. The highest BCUT2D eigenvalue weighted by atomic mass is 16.5. The zero-order valence-electron chi connectivity index (χ0n) is 12.4. The van der Waals surface area contributed by atoms with Crippen LogP contribution in [-0.2, 0) is 0 Å². The second-order valence-corrected chi connectivity index (χ2v) is 6.39. The van der Waals surface area contributed by atoms with Gasteiger partial charge in [-0.25, -0.2) is 0 Å². The second-order valence-electron chi connectivity index (χ2n) is 6.39. The number of hydrogen-bond acceptors (Lipinski definition) is 3. The van der Waals surface area contributed by atoms with Gasteiger partial charge in [0.2, 0.25) is 0 Å². The van der Waals surface area contributed by atoms with Crippen LogP contribution in [0.2, 0.25) is 0 Å². The van der Waals surface area contributed by atoms with Gasteiger partial charge in [-0.05, 0) is 42.9 Å². The van der Waals surface area contributed by atoms with Crippen molar-refractivity contribution in [3.05, 3.63) is 29.3 Å². The largest absolute Gasteiger partial charge is 0.491 e. The predicted molar refractivity (Wildman–Crippen MR) is 77.6 cm³/mol. The van der Waals surface area contributed by atoms with Crippen LogP contribution in [0, 0.1) is 19.3 Å². The quantitative estimate of drug-likeness (QED) is 0.828. The van der Waals surface area contributed by atoms with Gasteiger partial charge in [0.15, 0.2) is 0 Å². The van der Waals surface area contributed by atoms with Gasteiger partial charge in [-0.15, -0.1) is 0 Å². The van der Waals surface area contributed by atoms with Crippen LogP contribution in [0.4, 0.5) is 0 Å². The van der Waals surface area contributed by atoms with E-state index in [0.29, 0.717) is 24.6 Å². The first kappa shape index (κ1) is 14.4. The van der Waals surface area contributed by atoms with Crippen molar-refractivity contribution in [1.82, 2.24) is 5.32 Å². The van der Waals surface area contributed by atoms with Crippen molar-refractivity contribution in [2.24, 2.45) is 5.41 Å². The number of hydrogen-bond donors (Lipinski definition) is 2. The van der Waals surface area contributed by atoms with Gasteiger partial charge >= 0.3 is 0 Å². The van der Waals surface area contributed by atoms with Crippen LogP contribution < -0.4 is 10.1 Å². The van der Waals surface area contributed by atoms with E-state index in [1.54, 1.807) is 0 Å². The van der Waals surface area contributed by atoms with Crippen LogP contribution in [0.1, 0.15) is 31.4 Å². The van der Waals surface area contributed by atoms with E-state index in [9.17, 15) is 5.11 Å². The van der Waals surface area contributed by atoms with Crippen molar-refractivity contribution in [1.29, 1.82) is 0 Å². The molecule has 0 aromatic heterocycles. The first-order chi connectivity index (χ1) is 8.88. The molecule has 0 spiro atoms. The van der Waals surface area contributed by atoms with E-state index in [1.807, 2.05) is 26.0 Å². The Hall–Kier alpha value is -1.06. The fourth-order valence-electron chi connectivity index (χ4n) is 2.20. The molecular weight excluding hydrogens is 238 g/mol. The lowest BCUT2D eigenvalue weighted by Gasteiger charge is -2.15. The molecule has 106 valence electrons. The molecule has 2 N–H and O–H groups in total. The Bertz CT molecular complexity index is 442. The second kappa shape index (κ2) is 5.51. The number of ether oxygens (including phenoxy) is 1. The van der Waals surface area contributed by atoms with Gasteiger partial charge in [0, 0.05) is 12.6 Å². The van der Waals surface area contributed by atoms with E-state index in [-0.39, 0.29) is 0 Å². The van der Waals surface area contributed by atoms with Crippen molar-refractivity contribution < 1.29 is 9.84 Å². The first-order valence-corrected chi connectivity index (χ1v) is 7.00. The Morgan fingerprint density at radius 2 is 2.11 bits per heavy atom. The van der Waals surface area contributed by atoms with Crippen molar-refractivity contribution in [3.8, 4) is 5.75 Å². The van der Waals surface area contributed by atoms with Gasteiger partial charge in [0.25, 0.3) is 0 Å². The third-order valence-corrected chi connectivity index (χ3v) is 3.89. The van der Waals surface area contributed by atoms with Gasteiger partial charge in [0.1, 0.15) is 18.5 Å². The molecule has 1 aliphatic rings. The average molecular weight is 263 g/mol. The maximum atomic E-state index is 9.93. The van der Waals surface area contributed by atoms with Gasteiger partial charge in [-0.2, -0.15) is 0 Å². The molecule has 2 rings (SSSR count). The summed E-state index contributed by atoms with van der Waals surface area (Å²) < 4.78 is 5.69. The van der Waals surface area contributed by atoms with Crippen LogP contribution >= 0.6 is 0 Å². The molecule has 0 bridgehead atoms. The summed E-state index contributed by atoms with van der Waals surface area (Å²) in [6, 6.07) is 6.67. The Labute approximate surface area is 116 Å². The molecular formula is C16H25NO2. The molecule has 1 saturated carbocycles. The molecule has 1 aliphatic carbocycles. The summed E-state index contributed by atoms with van der Waals surface area (Å²) in [5.74, 6) is 0.866. The predicted octanol–water partition coefficient (Wildman–Crippen LogP) is 2.43. The first-order valence-electron chi connectivity index (χ1n) is 7.00. The highest BCUT2D eigenvalue weighted by Crippen LogP contribution is 2.44. The van der Waals surface area contributed by atoms with Crippen LogP contribution in [0.5, 0.6) is 5.75 Å². The smallest absolute Gasteiger partial charge is 0.122 e. The Morgan fingerprint density at radius 3 is 2.74 bits per heavy atom. The van der Waals surface area contributed by atoms with Crippen LogP contribution in [0.3, 0.4) is 0 Å². The fraction of sp³-hybridized carbons (Fsp3) is 0.625. The number of aliphatic hydroxyl groups excluding tert-OH is 1. The van der Waals surface area contributed by atoms with Crippen molar-refractivity contribution in [3.63, 3.8) is 0 Å². The SMILES string of the molecule is Cc1ccc(C)c(OCC(O)CNC2CC2(C)C)c1. The molecule has 0 aliphatic heterocycles. The molecule has 19 heavy (non-hydrogen) atoms. The minimum atomic E-state index is -0.462. The normalized spacial score (nSPS) is 22.1. The monoisotopic (exact) mass is 263 g/mol. The molecule has 3 nitrogen and oxygen atoms in total. The molecule has 0 amide bonds. The van der Waals surface area contributed by atoms with E-state index in [2.05, 4.69) is 25.2 Å². The highest BCUT2D eigenvalue weighted by Gasteiger charge is 2.45. The maximum absolute atomic E-state index is 9.93. The van der Waals surface area contributed by atoms with E-state index in [0.717, 1.165) is 11.3 Å². The third kappa shape index (κ3) is 3.95. The van der Waals surface area contributed by atoms with Gasteiger partial charge in [-0.1, -0.05) is 26.0 Å². The number of rotatable bonds is 6.